The van der Waals surface area contributed by atoms with E-state index in [0.29, 0.717) is 0 Å². The lowest BCUT2D eigenvalue weighted by Crippen LogP contribution is -2.23. The van der Waals surface area contributed by atoms with Gasteiger partial charge in [-0.1, -0.05) is 6.92 Å². The molecule has 0 aromatic carbocycles. The van der Waals surface area contributed by atoms with Crippen LogP contribution in [-0.4, -0.2) is 33.6 Å². The summed E-state index contributed by atoms with van der Waals surface area (Å²) in [7, 11) is 2.13. The molecule has 1 heterocycles. The zero-order valence-electron chi connectivity index (χ0n) is 11.7. The summed E-state index contributed by atoms with van der Waals surface area (Å²) in [6.45, 7) is 9.13. The Kier molecular flexibility index (Phi) is 6.67. The molecule has 0 amide bonds. The Balaban J connectivity index is 2.73. The van der Waals surface area contributed by atoms with E-state index in [9.17, 15) is 0 Å². The van der Waals surface area contributed by atoms with Crippen molar-refractivity contribution in [2.75, 3.05) is 13.6 Å². The van der Waals surface area contributed by atoms with Crippen molar-refractivity contribution in [3.8, 4) is 0 Å². The average Bonchev–Trinajstić information content (AvgIpc) is 2.63. The van der Waals surface area contributed by atoms with E-state index in [-0.39, 0.29) is 5.38 Å². The molecule has 0 N–H and O–H groups in total. The van der Waals surface area contributed by atoms with Crippen LogP contribution in [0.25, 0.3) is 0 Å². The molecule has 0 aliphatic heterocycles. The predicted molar refractivity (Wildman–Crippen MR) is 81.2 cm³/mol. The van der Waals surface area contributed by atoms with Crippen molar-refractivity contribution >= 4 is 27.5 Å². The van der Waals surface area contributed by atoms with E-state index in [4.69, 9.17) is 11.6 Å². The normalized spacial score (nSPS) is 13.3. The molecular formula is C13H23BrClN3. The number of rotatable bonds is 7. The monoisotopic (exact) mass is 335 g/mol. The van der Waals surface area contributed by atoms with Gasteiger partial charge in [0.2, 0.25) is 0 Å². The molecule has 0 saturated carbocycles. The van der Waals surface area contributed by atoms with Crippen LogP contribution < -0.4 is 0 Å². The highest BCUT2D eigenvalue weighted by Gasteiger charge is 2.15. The Labute approximate surface area is 124 Å². The van der Waals surface area contributed by atoms with E-state index in [2.05, 4.69) is 51.5 Å². The Morgan fingerprint density at radius 3 is 2.61 bits per heavy atom. The summed E-state index contributed by atoms with van der Waals surface area (Å²) in [5, 5.41) is 4.85. The number of hydrogen-bond acceptors (Lipinski definition) is 2. The highest BCUT2D eigenvalue weighted by molar-refractivity contribution is 9.10. The van der Waals surface area contributed by atoms with Gasteiger partial charge in [-0.15, -0.1) is 11.6 Å². The van der Waals surface area contributed by atoms with Crippen LogP contribution in [0.1, 0.15) is 38.6 Å². The van der Waals surface area contributed by atoms with Gasteiger partial charge < -0.3 is 4.90 Å². The van der Waals surface area contributed by atoms with Crippen molar-refractivity contribution in [2.24, 2.45) is 0 Å². The van der Waals surface area contributed by atoms with Crippen molar-refractivity contribution in [1.29, 1.82) is 0 Å². The van der Waals surface area contributed by atoms with Crippen LogP contribution in [0.4, 0.5) is 0 Å². The molecule has 3 nitrogen and oxygen atoms in total. The molecule has 1 atom stereocenters. The summed E-state index contributed by atoms with van der Waals surface area (Å²) in [6.07, 6.45) is 1.97. The Hall–Kier alpha value is -0.0600. The first-order valence-electron chi connectivity index (χ1n) is 6.56. The summed E-state index contributed by atoms with van der Waals surface area (Å²) in [5.74, 6) is 0. The maximum atomic E-state index is 5.99. The van der Waals surface area contributed by atoms with Crippen LogP contribution in [0.3, 0.4) is 0 Å². The number of aromatic nitrogens is 2. The van der Waals surface area contributed by atoms with Crippen LogP contribution >= 0.6 is 27.5 Å². The van der Waals surface area contributed by atoms with Crippen molar-refractivity contribution in [2.45, 2.75) is 52.1 Å². The molecule has 1 aromatic heterocycles. The Bertz CT molecular complexity index is 377. The van der Waals surface area contributed by atoms with E-state index in [1.165, 1.54) is 5.69 Å². The molecule has 1 unspecified atom stereocenters. The fourth-order valence-electron chi connectivity index (χ4n) is 1.90. The zero-order valence-corrected chi connectivity index (χ0v) is 14.1. The van der Waals surface area contributed by atoms with Gasteiger partial charge in [0.05, 0.1) is 15.9 Å². The molecule has 0 aliphatic rings. The molecule has 104 valence electrons. The molecule has 0 bridgehead atoms. The van der Waals surface area contributed by atoms with Crippen molar-refractivity contribution < 1.29 is 0 Å². The number of halogens is 2. The maximum Gasteiger partial charge on any atom is 0.0767 e. The van der Waals surface area contributed by atoms with Crippen LogP contribution in [-0.2, 0) is 19.5 Å². The molecule has 1 aromatic rings. The summed E-state index contributed by atoms with van der Waals surface area (Å²) in [4.78, 5) is 2.30. The summed E-state index contributed by atoms with van der Waals surface area (Å²) >= 11 is 9.66. The van der Waals surface area contributed by atoms with Crippen LogP contribution in [0.5, 0.6) is 0 Å². The standard InChI is InChI=1S/C13H23BrClN3/c1-5-11-13(14)12(18(6-2)16-11)9-17(4)8-7-10(3)15/h10H,5-9H2,1-4H3. The molecule has 0 fully saturated rings. The van der Waals surface area contributed by atoms with Gasteiger partial charge in [-0.3, -0.25) is 4.68 Å². The van der Waals surface area contributed by atoms with E-state index < -0.39 is 0 Å². The summed E-state index contributed by atoms with van der Waals surface area (Å²) in [5.41, 5.74) is 2.41. The van der Waals surface area contributed by atoms with Crippen LogP contribution in [0, 0.1) is 0 Å². The van der Waals surface area contributed by atoms with Crippen molar-refractivity contribution in [3.63, 3.8) is 0 Å². The molecule has 5 heteroatoms. The lowest BCUT2D eigenvalue weighted by molar-refractivity contribution is 0.310. The van der Waals surface area contributed by atoms with Gasteiger partial charge in [-0.2, -0.15) is 5.10 Å². The van der Waals surface area contributed by atoms with Crippen LogP contribution in [0.15, 0.2) is 4.47 Å². The van der Waals surface area contributed by atoms with E-state index in [1.807, 2.05) is 6.92 Å². The van der Waals surface area contributed by atoms with Gasteiger partial charge >= 0.3 is 0 Å². The summed E-state index contributed by atoms with van der Waals surface area (Å²) in [6, 6.07) is 0. The topological polar surface area (TPSA) is 21.1 Å². The Morgan fingerprint density at radius 2 is 2.11 bits per heavy atom. The Morgan fingerprint density at radius 1 is 1.44 bits per heavy atom. The number of alkyl halides is 1. The van der Waals surface area contributed by atoms with Crippen LogP contribution in [0.2, 0.25) is 0 Å². The molecule has 0 aliphatic carbocycles. The minimum atomic E-state index is 0.234. The summed E-state index contributed by atoms with van der Waals surface area (Å²) < 4.78 is 3.25. The van der Waals surface area contributed by atoms with Gasteiger partial charge in [0, 0.05) is 18.5 Å². The van der Waals surface area contributed by atoms with E-state index >= 15 is 0 Å². The van der Waals surface area contributed by atoms with Crippen molar-refractivity contribution in [3.05, 3.63) is 15.9 Å². The molecule has 1 rings (SSSR count). The predicted octanol–water partition coefficient (Wildman–Crippen LogP) is 3.68. The highest BCUT2D eigenvalue weighted by Crippen LogP contribution is 2.23. The first kappa shape index (κ1) is 16.0. The molecule has 0 radical (unpaired) electrons. The van der Waals surface area contributed by atoms with E-state index in [1.54, 1.807) is 0 Å². The highest BCUT2D eigenvalue weighted by atomic mass is 79.9. The van der Waals surface area contributed by atoms with Gasteiger partial charge in [0.15, 0.2) is 0 Å². The number of hydrogen-bond donors (Lipinski definition) is 0. The van der Waals surface area contributed by atoms with Crippen molar-refractivity contribution in [1.82, 2.24) is 14.7 Å². The zero-order chi connectivity index (χ0) is 13.7. The minimum Gasteiger partial charge on any atom is -0.300 e. The van der Waals surface area contributed by atoms with Gasteiger partial charge in [-0.05, 0) is 56.2 Å². The van der Waals surface area contributed by atoms with Gasteiger partial charge in [-0.25, -0.2) is 0 Å². The second kappa shape index (κ2) is 7.51. The lowest BCUT2D eigenvalue weighted by atomic mass is 10.2. The molecule has 18 heavy (non-hydrogen) atoms. The lowest BCUT2D eigenvalue weighted by Gasteiger charge is -2.18. The number of aryl methyl sites for hydroxylation is 2. The average molecular weight is 337 g/mol. The molecule has 0 spiro atoms. The third kappa shape index (κ3) is 4.25. The SMILES string of the molecule is CCc1nn(CC)c(CN(C)CCC(C)Cl)c1Br. The smallest absolute Gasteiger partial charge is 0.0767 e. The first-order valence-corrected chi connectivity index (χ1v) is 7.79. The molecule has 0 saturated heterocycles. The second-order valence-corrected chi connectivity index (χ2v) is 6.22. The van der Waals surface area contributed by atoms with Gasteiger partial charge in [0.25, 0.3) is 0 Å². The minimum absolute atomic E-state index is 0.234. The fraction of sp³-hybridized carbons (Fsp3) is 0.769. The molecular weight excluding hydrogens is 314 g/mol. The van der Waals surface area contributed by atoms with Gasteiger partial charge in [0.1, 0.15) is 0 Å². The maximum absolute atomic E-state index is 5.99. The third-order valence-corrected chi connectivity index (χ3v) is 4.16. The van der Waals surface area contributed by atoms with E-state index in [0.717, 1.165) is 42.6 Å². The quantitative estimate of drug-likeness (QED) is 0.708. The third-order valence-electron chi connectivity index (χ3n) is 3.02. The largest absolute Gasteiger partial charge is 0.300 e. The second-order valence-electron chi connectivity index (χ2n) is 4.68. The fourth-order valence-corrected chi connectivity index (χ4v) is 2.69. The number of nitrogens with zero attached hydrogens (tertiary/aromatic N) is 3. The first-order chi connectivity index (χ1) is 8.49.